The lowest BCUT2D eigenvalue weighted by Crippen LogP contribution is -2.36. The summed E-state index contributed by atoms with van der Waals surface area (Å²) in [5.74, 6) is 0.910. The molecular weight excluding hydrogens is 224 g/mol. The molecule has 1 aromatic rings. The van der Waals surface area contributed by atoms with E-state index in [1.165, 1.54) is 0 Å². The lowest BCUT2D eigenvalue weighted by Gasteiger charge is -2.30. The summed E-state index contributed by atoms with van der Waals surface area (Å²) in [7, 11) is 0. The predicted octanol–water partition coefficient (Wildman–Crippen LogP) is 2.61. The van der Waals surface area contributed by atoms with Crippen LogP contribution in [0.5, 0.6) is 0 Å². The molecule has 0 aliphatic heterocycles. The van der Waals surface area contributed by atoms with Crippen molar-refractivity contribution in [3.8, 4) is 0 Å². The van der Waals surface area contributed by atoms with Crippen molar-refractivity contribution in [2.75, 3.05) is 18.4 Å². The van der Waals surface area contributed by atoms with Crippen LogP contribution in [0.2, 0.25) is 0 Å². The third-order valence-corrected chi connectivity index (χ3v) is 3.81. The molecular formula is C14H26N4. The molecule has 102 valence electrons. The Hall–Kier alpha value is -1.16. The fourth-order valence-corrected chi connectivity index (χ4v) is 2.03. The van der Waals surface area contributed by atoms with Gasteiger partial charge in [-0.3, -0.25) is 0 Å². The first-order valence-corrected chi connectivity index (χ1v) is 6.94. The van der Waals surface area contributed by atoms with E-state index >= 15 is 0 Å². The van der Waals surface area contributed by atoms with Crippen LogP contribution >= 0.6 is 0 Å². The van der Waals surface area contributed by atoms with Gasteiger partial charge in [-0.25, -0.2) is 9.97 Å². The lowest BCUT2D eigenvalue weighted by molar-refractivity contribution is 0.294. The van der Waals surface area contributed by atoms with Crippen LogP contribution in [0, 0.1) is 5.41 Å². The Bertz CT molecular complexity index is 339. The van der Waals surface area contributed by atoms with Crippen molar-refractivity contribution in [1.82, 2.24) is 9.97 Å². The molecule has 4 nitrogen and oxygen atoms in total. The molecule has 0 atom stereocenters. The highest BCUT2D eigenvalue weighted by Gasteiger charge is 2.24. The van der Waals surface area contributed by atoms with Gasteiger partial charge in [0.1, 0.15) is 12.1 Å². The molecule has 1 rings (SSSR count). The molecule has 0 aliphatic carbocycles. The highest BCUT2D eigenvalue weighted by Crippen LogP contribution is 2.25. The molecule has 1 aromatic heterocycles. The van der Waals surface area contributed by atoms with Crippen molar-refractivity contribution >= 4 is 5.82 Å². The number of nitrogens with zero attached hydrogens (tertiary/aromatic N) is 2. The maximum Gasteiger partial charge on any atom is 0.129 e. The zero-order valence-electron chi connectivity index (χ0n) is 11.9. The van der Waals surface area contributed by atoms with Gasteiger partial charge < -0.3 is 11.1 Å². The molecule has 0 aromatic carbocycles. The molecule has 0 saturated heterocycles. The van der Waals surface area contributed by atoms with Gasteiger partial charge in [0.25, 0.3) is 0 Å². The number of aromatic nitrogens is 2. The third-order valence-electron chi connectivity index (χ3n) is 3.81. The molecule has 0 aliphatic rings. The second-order valence-electron chi connectivity index (χ2n) is 4.91. The number of hydrogen-bond donors (Lipinski definition) is 2. The van der Waals surface area contributed by atoms with Crippen molar-refractivity contribution < 1.29 is 0 Å². The number of nitrogens with one attached hydrogen (secondary N) is 1. The summed E-state index contributed by atoms with van der Waals surface area (Å²) >= 11 is 0. The summed E-state index contributed by atoms with van der Waals surface area (Å²) in [4.78, 5) is 8.52. The Balaban J connectivity index is 2.64. The second-order valence-corrected chi connectivity index (χ2v) is 4.91. The van der Waals surface area contributed by atoms with Crippen LogP contribution < -0.4 is 11.1 Å². The summed E-state index contributed by atoms with van der Waals surface area (Å²) < 4.78 is 0. The van der Waals surface area contributed by atoms with Gasteiger partial charge in [-0.2, -0.15) is 0 Å². The van der Waals surface area contributed by atoms with Crippen molar-refractivity contribution in [2.45, 2.75) is 46.5 Å². The van der Waals surface area contributed by atoms with Crippen LogP contribution in [-0.4, -0.2) is 23.1 Å². The van der Waals surface area contributed by atoms with Crippen LogP contribution in [0.3, 0.4) is 0 Å². The normalized spacial score (nSPS) is 11.6. The minimum absolute atomic E-state index is 0.176. The topological polar surface area (TPSA) is 63.8 Å². The quantitative estimate of drug-likeness (QED) is 0.744. The number of hydrogen-bond acceptors (Lipinski definition) is 4. The van der Waals surface area contributed by atoms with E-state index in [9.17, 15) is 0 Å². The van der Waals surface area contributed by atoms with Gasteiger partial charge in [-0.05, 0) is 31.2 Å². The first-order chi connectivity index (χ1) is 8.69. The fourth-order valence-electron chi connectivity index (χ4n) is 2.03. The van der Waals surface area contributed by atoms with E-state index < -0.39 is 0 Å². The summed E-state index contributed by atoms with van der Waals surface area (Å²) in [5.41, 5.74) is 7.17. The monoisotopic (exact) mass is 250 g/mol. The first kappa shape index (κ1) is 14.9. The highest BCUT2D eigenvalue weighted by molar-refractivity contribution is 5.35. The van der Waals surface area contributed by atoms with Gasteiger partial charge in [0.15, 0.2) is 0 Å². The molecule has 18 heavy (non-hydrogen) atoms. The minimum atomic E-state index is 0.176. The van der Waals surface area contributed by atoms with E-state index in [4.69, 9.17) is 5.73 Å². The Morgan fingerprint density at radius 3 is 2.50 bits per heavy atom. The maximum atomic E-state index is 5.90. The average molecular weight is 250 g/mol. The fraction of sp³-hybridized carbons (Fsp3) is 0.714. The number of anilines is 1. The van der Waals surface area contributed by atoms with E-state index in [0.717, 1.165) is 43.7 Å². The zero-order valence-corrected chi connectivity index (χ0v) is 11.9. The minimum Gasteiger partial charge on any atom is -0.369 e. The maximum absolute atomic E-state index is 5.90. The first-order valence-electron chi connectivity index (χ1n) is 6.94. The summed E-state index contributed by atoms with van der Waals surface area (Å²) in [6, 6.07) is 2.04. The smallest absolute Gasteiger partial charge is 0.129 e. The van der Waals surface area contributed by atoms with Gasteiger partial charge in [0.2, 0.25) is 0 Å². The standard InChI is InChI=1S/C14H26N4/c1-4-7-12-8-13(18-11-17-12)16-10-14(5-2,6-3)9-15/h8,11H,4-7,9-10,15H2,1-3H3,(H,16,17,18). The molecule has 0 amide bonds. The largest absolute Gasteiger partial charge is 0.369 e. The van der Waals surface area contributed by atoms with Gasteiger partial charge in [-0.15, -0.1) is 0 Å². The Morgan fingerprint density at radius 1 is 1.22 bits per heavy atom. The van der Waals surface area contributed by atoms with E-state index in [1.807, 2.05) is 6.07 Å². The number of rotatable bonds is 8. The second kappa shape index (κ2) is 7.31. The molecule has 0 spiro atoms. The van der Waals surface area contributed by atoms with E-state index in [1.54, 1.807) is 6.33 Å². The molecule has 0 radical (unpaired) electrons. The summed E-state index contributed by atoms with van der Waals surface area (Å²) in [6.45, 7) is 8.13. The lowest BCUT2D eigenvalue weighted by atomic mass is 9.82. The Kier molecular flexibility index (Phi) is 6.05. The van der Waals surface area contributed by atoms with Crippen molar-refractivity contribution in [2.24, 2.45) is 11.1 Å². The molecule has 0 unspecified atom stereocenters. The van der Waals surface area contributed by atoms with Gasteiger partial charge in [0.05, 0.1) is 0 Å². The molecule has 1 heterocycles. The highest BCUT2D eigenvalue weighted by atomic mass is 15.0. The van der Waals surface area contributed by atoms with Crippen molar-refractivity contribution in [1.29, 1.82) is 0 Å². The Labute approximate surface area is 110 Å². The average Bonchev–Trinajstić information content (AvgIpc) is 2.42. The van der Waals surface area contributed by atoms with Crippen molar-refractivity contribution in [3.05, 3.63) is 18.1 Å². The number of aryl methyl sites for hydroxylation is 1. The van der Waals surface area contributed by atoms with Gasteiger partial charge >= 0.3 is 0 Å². The van der Waals surface area contributed by atoms with Gasteiger partial charge in [-0.1, -0.05) is 27.2 Å². The van der Waals surface area contributed by atoms with Crippen molar-refractivity contribution in [3.63, 3.8) is 0 Å². The summed E-state index contributed by atoms with van der Waals surface area (Å²) in [6.07, 6.45) is 5.91. The molecule has 0 bridgehead atoms. The van der Waals surface area contributed by atoms with Crippen LogP contribution in [-0.2, 0) is 6.42 Å². The SMILES string of the molecule is CCCc1cc(NCC(CC)(CC)CN)ncn1. The summed E-state index contributed by atoms with van der Waals surface area (Å²) in [5, 5.41) is 3.41. The van der Waals surface area contributed by atoms with Crippen LogP contribution in [0.15, 0.2) is 12.4 Å². The van der Waals surface area contributed by atoms with Gasteiger partial charge in [0, 0.05) is 18.3 Å². The van der Waals surface area contributed by atoms with E-state index in [2.05, 4.69) is 36.1 Å². The molecule has 4 heteroatoms. The molecule has 0 saturated carbocycles. The predicted molar refractivity (Wildman–Crippen MR) is 76.6 cm³/mol. The molecule has 3 N–H and O–H groups in total. The molecule has 0 fully saturated rings. The van der Waals surface area contributed by atoms with Crippen LogP contribution in [0.25, 0.3) is 0 Å². The van der Waals surface area contributed by atoms with E-state index in [-0.39, 0.29) is 5.41 Å². The van der Waals surface area contributed by atoms with E-state index in [0.29, 0.717) is 6.54 Å². The third kappa shape index (κ3) is 3.95. The zero-order chi connectivity index (χ0) is 13.4. The Morgan fingerprint density at radius 2 is 1.94 bits per heavy atom. The number of nitrogens with two attached hydrogens (primary N) is 1. The van der Waals surface area contributed by atoms with Crippen LogP contribution in [0.4, 0.5) is 5.82 Å². The van der Waals surface area contributed by atoms with Crippen LogP contribution in [0.1, 0.15) is 45.7 Å².